The summed E-state index contributed by atoms with van der Waals surface area (Å²) in [6.07, 6.45) is 0.380. The van der Waals surface area contributed by atoms with Crippen LogP contribution in [0.1, 0.15) is 27.2 Å². The van der Waals surface area contributed by atoms with E-state index < -0.39 is 40.8 Å². The van der Waals surface area contributed by atoms with Crippen LogP contribution in [-0.4, -0.2) is 41.2 Å². The minimum absolute atomic E-state index is 0. The zero-order chi connectivity index (χ0) is 19.6. The Labute approximate surface area is 171 Å². The van der Waals surface area contributed by atoms with Gasteiger partial charge in [0.25, 0.3) is 0 Å². The number of carbonyl (C=O) groups is 3. The molecule has 10 heteroatoms. The fourth-order valence-corrected chi connectivity index (χ4v) is 3.00. The van der Waals surface area contributed by atoms with Gasteiger partial charge in [-0.05, 0) is 49.2 Å². The molecule has 2 rings (SSSR count). The van der Waals surface area contributed by atoms with Crippen molar-refractivity contribution >= 4 is 52.8 Å². The second kappa shape index (κ2) is 9.01. The first kappa shape index (κ1) is 23.4. The topological polar surface area (TPSA) is 78.5 Å². The third-order valence-electron chi connectivity index (χ3n) is 3.78. The number of carbonyl (C=O) groups excluding carboxylic acids is 3. The lowest BCUT2D eigenvalue weighted by Crippen LogP contribution is -2.49. The molecule has 2 N–H and O–H groups in total. The van der Waals surface area contributed by atoms with E-state index in [9.17, 15) is 23.2 Å². The maximum Gasteiger partial charge on any atom is 0.311 e. The molecule has 1 aromatic carbocycles. The molecule has 0 unspecified atom stereocenters. The van der Waals surface area contributed by atoms with E-state index in [1.807, 2.05) is 0 Å². The molecule has 0 radical (unpaired) electrons. The molecule has 1 aromatic rings. The molecule has 27 heavy (non-hydrogen) atoms. The number of amides is 3. The number of anilines is 1. The molecule has 6 nitrogen and oxygen atoms in total. The molecule has 0 spiro atoms. The average Bonchev–Trinajstić information content (AvgIpc) is 3.00. The van der Waals surface area contributed by atoms with Gasteiger partial charge < -0.3 is 15.5 Å². The molecule has 1 saturated heterocycles. The Kier molecular flexibility index (Phi) is 7.79. The number of hydrogen-bond donors (Lipinski definition) is 2. The molecule has 1 fully saturated rings. The minimum Gasteiger partial charge on any atom is -0.343 e. The van der Waals surface area contributed by atoms with Gasteiger partial charge in [0.05, 0.1) is 10.4 Å². The maximum atomic E-state index is 13.4. The summed E-state index contributed by atoms with van der Waals surface area (Å²) in [5.74, 6) is -4.49. The van der Waals surface area contributed by atoms with Crippen LogP contribution in [0, 0.1) is 17.6 Å². The lowest BCUT2D eigenvalue weighted by Gasteiger charge is -2.22. The van der Waals surface area contributed by atoms with Gasteiger partial charge in [-0.15, -0.1) is 0 Å². The maximum absolute atomic E-state index is 13.4. The first-order chi connectivity index (χ1) is 12.0. The molecule has 1 aliphatic rings. The van der Waals surface area contributed by atoms with E-state index in [0.29, 0.717) is 6.42 Å². The Hall–Kier alpha value is -1.68. The molecule has 0 saturated carbocycles. The second-order valence-corrected chi connectivity index (χ2v) is 8.04. The van der Waals surface area contributed by atoms with Crippen LogP contribution < -0.4 is 10.6 Å². The predicted octanol–water partition coefficient (Wildman–Crippen LogP) is 2.54. The number of likely N-dealkylation sites (tertiary alicyclic amines) is 1. The monoisotopic (exact) mass is 465 g/mol. The van der Waals surface area contributed by atoms with Crippen LogP contribution in [0.5, 0.6) is 0 Å². The quantitative estimate of drug-likeness (QED) is 0.520. The van der Waals surface area contributed by atoms with E-state index in [1.54, 1.807) is 20.8 Å². The zero-order valence-corrected chi connectivity index (χ0v) is 17.7. The lowest BCUT2D eigenvalue weighted by molar-refractivity contribution is -0.146. The predicted molar refractivity (Wildman–Crippen MR) is 106 cm³/mol. The molecule has 1 heterocycles. The normalized spacial score (nSPS) is 16.5. The van der Waals surface area contributed by atoms with Gasteiger partial charge in [-0.1, -0.05) is 0 Å². The van der Waals surface area contributed by atoms with Crippen molar-refractivity contribution < 1.29 is 23.2 Å². The van der Waals surface area contributed by atoms with Crippen molar-refractivity contribution in [3.8, 4) is 0 Å². The van der Waals surface area contributed by atoms with E-state index >= 15 is 0 Å². The highest BCUT2D eigenvalue weighted by atomic mass is 79.9. The number of hydrogen-bond acceptors (Lipinski definition) is 3. The van der Waals surface area contributed by atoms with Crippen LogP contribution in [0.3, 0.4) is 0 Å². The lowest BCUT2D eigenvalue weighted by atomic mass is 10.1. The zero-order valence-electron chi connectivity index (χ0n) is 15.2. The number of nitrogens with zero attached hydrogens (tertiary/aromatic N) is 1. The van der Waals surface area contributed by atoms with Gasteiger partial charge in [-0.2, -0.15) is 13.5 Å². The molecule has 150 valence electrons. The van der Waals surface area contributed by atoms with Gasteiger partial charge in [0.1, 0.15) is 0 Å². The largest absolute Gasteiger partial charge is 0.343 e. The van der Waals surface area contributed by atoms with Crippen molar-refractivity contribution in [2.75, 3.05) is 18.4 Å². The Bertz CT molecular complexity index is 732. The van der Waals surface area contributed by atoms with Crippen molar-refractivity contribution in [3.05, 3.63) is 28.2 Å². The Morgan fingerprint density at radius 3 is 2.41 bits per heavy atom. The number of halogens is 3. The standard InChI is InChI=1S/C17H20BrF2N3O3.H2S/c1-17(2,3)22-15(25)16(26)23-5-4-9(8-23)14(24)21-10-6-11(18)13(20)12(19)7-10;/h6-7,9H,4-5,8H2,1-3H3,(H,21,24)(H,22,25);1H2/t9-;/m0./s1. The molecule has 0 aliphatic carbocycles. The summed E-state index contributed by atoms with van der Waals surface area (Å²) in [5.41, 5.74) is -0.431. The summed E-state index contributed by atoms with van der Waals surface area (Å²) in [5, 5.41) is 5.09. The van der Waals surface area contributed by atoms with Crippen LogP contribution in [0.2, 0.25) is 0 Å². The summed E-state index contributed by atoms with van der Waals surface area (Å²) in [4.78, 5) is 37.7. The molecular formula is C17H22BrF2N3O3S. The highest BCUT2D eigenvalue weighted by Gasteiger charge is 2.34. The summed E-state index contributed by atoms with van der Waals surface area (Å²) >= 11 is 2.88. The van der Waals surface area contributed by atoms with Crippen molar-refractivity contribution in [2.24, 2.45) is 5.92 Å². The number of benzene rings is 1. The van der Waals surface area contributed by atoms with Gasteiger partial charge >= 0.3 is 11.8 Å². The van der Waals surface area contributed by atoms with E-state index in [1.165, 1.54) is 11.0 Å². The second-order valence-electron chi connectivity index (χ2n) is 7.18. The van der Waals surface area contributed by atoms with Gasteiger partial charge in [0.2, 0.25) is 5.91 Å². The molecule has 1 atom stereocenters. The fourth-order valence-electron chi connectivity index (χ4n) is 2.57. The van der Waals surface area contributed by atoms with E-state index in [4.69, 9.17) is 0 Å². The summed E-state index contributed by atoms with van der Waals surface area (Å²) in [7, 11) is 0. The summed E-state index contributed by atoms with van der Waals surface area (Å²) < 4.78 is 26.6. The van der Waals surface area contributed by atoms with Crippen molar-refractivity contribution in [2.45, 2.75) is 32.7 Å². The smallest absolute Gasteiger partial charge is 0.311 e. The van der Waals surface area contributed by atoms with Gasteiger partial charge in [-0.25, -0.2) is 8.78 Å². The fraction of sp³-hybridized carbons (Fsp3) is 0.471. The molecule has 1 aliphatic heterocycles. The molecule has 3 amide bonds. The van der Waals surface area contributed by atoms with Crippen LogP contribution in [-0.2, 0) is 14.4 Å². The van der Waals surface area contributed by atoms with Crippen LogP contribution in [0.15, 0.2) is 16.6 Å². The summed E-state index contributed by atoms with van der Waals surface area (Å²) in [6, 6.07) is 2.14. The first-order valence-corrected chi connectivity index (χ1v) is 8.84. The third-order valence-corrected chi connectivity index (χ3v) is 4.36. The van der Waals surface area contributed by atoms with Crippen LogP contribution in [0.25, 0.3) is 0 Å². The van der Waals surface area contributed by atoms with E-state index in [0.717, 1.165) is 6.07 Å². The average molecular weight is 466 g/mol. The minimum atomic E-state index is -1.09. The highest BCUT2D eigenvalue weighted by molar-refractivity contribution is 9.10. The van der Waals surface area contributed by atoms with Gasteiger partial charge in [-0.3, -0.25) is 14.4 Å². The van der Waals surface area contributed by atoms with E-state index in [2.05, 4.69) is 26.6 Å². The molecule has 0 bridgehead atoms. The van der Waals surface area contributed by atoms with Gasteiger partial charge in [0, 0.05) is 30.4 Å². The highest BCUT2D eigenvalue weighted by Crippen LogP contribution is 2.25. The first-order valence-electron chi connectivity index (χ1n) is 8.05. The van der Waals surface area contributed by atoms with Crippen molar-refractivity contribution in [1.82, 2.24) is 10.2 Å². The van der Waals surface area contributed by atoms with E-state index in [-0.39, 0.29) is 36.7 Å². The molecule has 0 aromatic heterocycles. The Balaban J connectivity index is 0.00000364. The van der Waals surface area contributed by atoms with Crippen LogP contribution in [0.4, 0.5) is 14.5 Å². The molecular weight excluding hydrogens is 444 g/mol. The SMILES string of the molecule is CC(C)(C)NC(=O)C(=O)N1CC[C@H](C(=O)Nc2cc(F)c(F)c(Br)c2)C1.S. The number of nitrogens with one attached hydrogen (secondary N) is 2. The van der Waals surface area contributed by atoms with Crippen molar-refractivity contribution in [1.29, 1.82) is 0 Å². The Morgan fingerprint density at radius 1 is 1.22 bits per heavy atom. The van der Waals surface area contributed by atoms with Crippen molar-refractivity contribution in [3.63, 3.8) is 0 Å². The van der Waals surface area contributed by atoms with Gasteiger partial charge in [0.15, 0.2) is 11.6 Å². The summed E-state index contributed by atoms with van der Waals surface area (Å²) in [6.45, 7) is 5.65. The van der Waals surface area contributed by atoms with Crippen LogP contribution >= 0.6 is 29.4 Å². The number of rotatable bonds is 2. The third kappa shape index (κ3) is 6.17. The Morgan fingerprint density at radius 2 is 1.85 bits per heavy atom.